The van der Waals surface area contributed by atoms with Crippen molar-refractivity contribution in [2.75, 3.05) is 6.61 Å². The van der Waals surface area contributed by atoms with Crippen LogP contribution in [-0.4, -0.2) is 18.5 Å². The van der Waals surface area contributed by atoms with E-state index in [0.717, 1.165) is 27.0 Å². The zero-order valence-electron chi connectivity index (χ0n) is 20.1. The molecule has 0 N–H and O–H groups in total. The van der Waals surface area contributed by atoms with Crippen molar-refractivity contribution in [2.24, 2.45) is 10.4 Å². The summed E-state index contributed by atoms with van der Waals surface area (Å²) in [5, 5.41) is 2.94. The van der Waals surface area contributed by atoms with Gasteiger partial charge in [-0.2, -0.15) is 13.2 Å². The molecule has 35 heavy (non-hydrogen) atoms. The number of nitrogens with zero attached hydrogens (tertiary/aromatic N) is 1. The Morgan fingerprint density at radius 1 is 0.829 bits per heavy atom. The van der Waals surface area contributed by atoms with Gasteiger partial charge in [0.05, 0.1) is 11.6 Å². The number of hydrogen-bond donors (Lipinski definition) is 0. The molecule has 6 heteroatoms. The zero-order valence-corrected chi connectivity index (χ0v) is 21.0. The SMILES string of the molecule is C.Cc1ccc(P(c2ccc(C)cc2)c2ccc(C(F)(F)F)cc2C2=N[C@@H](C(C)(C)C)CO2)cc1. The molecule has 3 aromatic rings. The highest BCUT2D eigenvalue weighted by Gasteiger charge is 2.36. The first-order valence-electron chi connectivity index (χ1n) is 11.3. The van der Waals surface area contributed by atoms with Crippen LogP contribution in [0.3, 0.4) is 0 Å². The van der Waals surface area contributed by atoms with Gasteiger partial charge >= 0.3 is 6.18 Å². The number of alkyl halides is 3. The molecule has 3 aromatic carbocycles. The van der Waals surface area contributed by atoms with E-state index in [2.05, 4.69) is 45.0 Å². The Morgan fingerprint density at radius 2 is 1.34 bits per heavy atom. The molecule has 0 saturated carbocycles. The van der Waals surface area contributed by atoms with Crippen molar-refractivity contribution < 1.29 is 17.9 Å². The molecule has 0 aliphatic carbocycles. The van der Waals surface area contributed by atoms with E-state index in [1.165, 1.54) is 12.1 Å². The third-order valence-corrected chi connectivity index (χ3v) is 8.53. The van der Waals surface area contributed by atoms with Crippen LogP contribution in [0.25, 0.3) is 0 Å². The summed E-state index contributed by atoms with van der Waals surface area (Å²) in [6, 6.07) is 20.3. The molecule has 1 aliphatic rings. The van der Waals surface area contributed by atoms with E-state index >= 15 is 0 Å². The van der Waals surface area contributed by atoms with Gasteiger partial charge in [0.2, 0.25) is 5.90 Å². The predicted molar refractivity (Wildman–Crippen MR) is 142 cm³/mol. The number of benzene rings is 3. The maximum atomic E-state index is 13.7. The van der Waals surface area contributed by atoms with Crippen LogP contribution in [0.5, 0.6) is 0 Å². The summed E-state index contributed by atoms with van der Waals surface area (Å²) in [5.74, 6) is 0.299. The first-order chi connectivity index (χ1) is 15.9. The molecule has 0 fully saturated rings. The fourth-order valence-corrected chi connectivity index (χ4v) is 6.23. The van der Waals surface area contributed by atoms with Crippen molar-refractivity contribution in [3.05, 3.63) is 89.0 Å². The first kappa shape index (κ1) is 26.9. The van der Waals surface area contributed by atoms with Crippen LogP contribution in [0.2, 0.25) is 0 Å². The minimum absolute atomic E-state index is 0. The normalized spacial score (nSPS) is 16.0. The van der Waals surface area contributed by atoms with Gasteiger partial charge in [-0.25, -0.2) is 4.99 Å². The minimum Gasteiger partial charge on any atom is -0.475 e. The molecule has 0 bridgehead atoms. The molecular weight excluding hydrogens is 466 g/mol. The van der Waals surface area contributed by atoms with E-state index in [9.17, 15) is 13.2 Å². The van der Waals surface area contributed by atoms with Crippen molar-refractivity contribution >= 4 is 29.7 Å². The summed E-state index contributed by atoms with van der Waals surface area (Å²) in [7, 11) is -1.13. The summed E-state index contributed by atoms with van der Waals surface area (Å²) in [5.41, 5.74) is 1.84. The highest BCUT2D eigenvalue weighted by Crippen LogP contribution is 2.38. The lowest BCUT2D eigenvalue weighted by Crippen LogP contribution is -2.26. The van der Waals surface area contributed by atoms with E-state index in [-0.39, 0.29) is 18.9 Å². The Balaban J connectivity index is 0.00000342. The van der Waals surface area contributed by atoms with Gasteiger partial charge < -0.3 is 4.74 Å². The van der Waals surface area contributed by atoms with E-state index in [4.69, 9.17) is 9.73 Å². The number of rotatable bonds is 4. The second-order valence-corrected chi connectivity index (χ2v) is 12.0. The van der Waals surface area contributed by atoms with Gasteiger partial charge in [-0.15, -0.1) is 0 Å². The summed E-state index contributed by atoms with van der Waals surface area (Å²) >= 11 is 0. The number of aryl methyl sites for hydroxylation is 2. The third kappa shape index (κ3) is 5.95. The average Bonchev–Trinajstić information content (AvgIpc) is 3.27. The van der Waals surface area contributed by atoms with Crippen molar-refractivity contribution in [3.8, 4) is 0 Å². The topological polar surface area (TPSA) is 21.6 Å². The van der Waals surface area contributed by atoms with Crippen LogP contribution in [0.4, 0.5) is 13.2 Å². The van der Waals surface area contributed by atoms with E-state index in [0.29, 0.717) is 18.1 Å². The summed E-state index contributed by atoms with van der Waals surface area (Å²) < 4.78 is 47.1. The maximum absolute atomic E-state index is 13.7. The zero-order chi connectivity index (χ0) is 24.7. The Hall–Kier alpha value is -2.65. The van der Waals surface area contributed by atoms with Crippen LogP contribution in [0, 0.1) is 19.3 Å². The van der Waals surface area contributed by atoms with Crippen LogP contribution in [0.1, 0.15) is 50.5 Å². The lowest BCUT2D eigenvalue weighted by Gasteiger charge is -2.23. The van der Waals surface area contributed by atoms with Crippen LogP contribution in [-0.2, 0) is 10.9 Å². The highest BCUT2D eigenvalue weighted by molar-refractivity contribution is 7.80. The molecule has 1 aliphatic heterocycles. The second-order valence-electron chi connectivity index (χ2n) is 9.86. The molecule has 1 atom stereocenters. The second kappa shape index (κ2) is 10.1. The van der Waals surface area contributed by atoms with Gasteiger partial charge in [0, 0.05) is 5.56 Å². The van der Waals surface area contributed by atoms with Gasteiger partial charge in [-0.05, 0) is 55.2 Å². The molecule has 0 saturated heterocycles. The predicted octanol–water partition coefficient (Wildman–Crippen LogP) is 6.91. The molecule has 4 rings (SSSR count). The van der Waals surface area contributed by atoms with Crippen molar-refractivity contribution in [2.45, 2.75) is 54.3 Å². The summed E-state index contributed by atoms with van der Waals surface area (Å²) in [6.07, 6.45) is -4.45. The van der Waals surface area contributed by atoms with E-state index < -0.39 is 19.7 Å². The maximum Gasteiger partial charge on any atom is 0.416 e. The van der Waals surface area contributed by atoms with E-state index in [1.807, 2.05) is 38.1 Å². The third-order valence-electron chi connectivity index (χ3n) is 6.03. The molecule has 0 amide bonds. The Bertz CT molecular complexity index is 1150. The van der Waals surface area contributed by atoms with Crippen LogP contribution in [0.15, 0.2) is 71.7 Å². The number of hydrogen-bond acceptors (Lipinski definition) is 2. The summed E-state index contributed by atoms with van der Waals surface area (Å²) in [4.78, 5) is 4.75. The van der Waals surface area contributed by atoms with Gasteiger partial charge in [0.1, 0.15) is 6.61 Å². The molecule has 0 radical (unpaired) electrons. The van der Waals surface area contributed by atoms with Crippen LogP contribution >= 0.6 is 7.92 Å². The smallest absolute Gasteiger partial charge is 0.416 e. The number of aliphatic imine (C=N–C) groups is 1. The summed E-state index contributed by atoms with van der Waals surface area (Å²) in [6.45, 7) is 10.6. The average molecular weight is 500 g/mol. The fraction of sp³-hybridized carbons (Fsp3) is 0.345. The molecule has 0 spiro atoms. The Kier molecular flexibility index (Phi) is 7.81. The molecule has 2 nitrogen and oxygen atoms in total. The Labute approximate surface area is 208 Å². The standard InChI is InChI=1S/C28H29F3NOP.CH4/c1-18-6-11-21(12-7-18)34(22-13-8-19(2)9-14-22)24-15-10-20(28(29,30)31)16-23(24)26-32-25(17-33-26)27(3,4)5;/h6-16,25H,17H2,1-5H3;1H4/t25-;/m1./s1. The number of halogens is 3. The van der Waals surface area contributed by atoms with Crippen molar-refractivity contribution in [3.63, 3.8) is 0 Å². The van der Waals surface area contributed by atoms with Crippen molar-refractivity contribution in [1.29, 1.82) is 0 Å². The number of ether oxygens (including phenoxy) is 1. The molecule has 0 aromatic heterocycles. The molecule has 1 heterocycles. The van der Waals surface area contributed by atoms with Crippen LogP contribution < -0.4 is 15.9 Å². The largest absolute Gasteiger partial charge is 0.475 e. The highest BCUT2D eigenvalue weighted by atomic mass is 31.1. The van der Waals surface area contributed by atoms with Crippen molar-refractivity contribution in [1.82, 2.24) is 0 Å². The molecule has 0 unspecified atom stereocenters. The lowest BCUT2D eigenvalue weighted by molar-refractivity contribution is -0.137. The van der Waals surface area contributed by atoms with Gasteiger partial charge in [-0.1, -0.05) is 93.9 Å². The van der Waals surface area contributed by atoms with Gasteiger partial charge in [0.25, 0.3) is 0 Å². The minimum atomic E-state index is -4.45. The fourth-order valence-electron chi connectivity index (χ4n) is 3.86. The monoisotopic (exact) mass is 499 g/mol. The molecular formula is C29H33F3NOP. The van der Waals surface area contributed by atoms with E-state index in [1.54, 1.807) is 6.07 Å². The first-order valence-corrected chi connectivity index (χ1v) is 12.6. The van der Waals surface area contributed by atoms with Gasteiger partial charge in [0.15, 0.2) is 0 Å². The lowest BCUT2D eigenvalue weighted by atomic mass is 9.88. The molecule has 186 valence electrons. The quantitative estimate of drug-likeness (QED) is 0.358. The van der Waals surface area contributed by atoms with Gasteiger partial charge in [-0.3, -0.25) is 0 Å². The Morgan fingerprint density at radius 3 is 1.77 bits per heavy atom.